The number of nitrogens with one attached hydrogen (secondary N) is 2. The first-order valence-corrected chi connectivity index (χ1v) is 9.32. The average Bonchev–Trinajstić information content (AvgIpc) is 2.55. The number of sulfone groups is 1. The zero-order valence-electron chi connectivity index (χ0n) is 13.9. The lowest BCUT2D eigenvalue weighted by atomic mass is 9.90. The largest absolute Gasteiger partial charge is 0.399 e. The van der Waals surface area contributed by atoms with E-state index in [1.807, 2.05) is 0 Å². The van der Waals surface area contributed by atoms with Crippen LogP contribution in [-0.4, -0.2) is 25.0 Å². The molecule has 1 fully saturated rings. The van der Waals surface area contributed by atoms with Gasteiger partial charge in [0.25, 0.3) is 0 Å². The van der Waals surface area contributed by atoms with E-state index >= 15 is 0 Å². The number of nitrogens with two attached hydrogens (primary N) is 1. The first-order chi connectivity index (χ1) is 11.6. The van der Waals surface area contributed by atoms with Crippen LogP contribution in [0.25, 0.3) is 0 Å². The Labute approximate surface area is 145 Å². The lowest BCUT2D eigenvalue weighted by molar-refractivity contribution is 0.419. The van der Waals surface area contributed by atoms with Crippen LogP contribution in [0.3, 0.4) is 0 Å². The molecule has 6 nitrogen and oxygen atoms in total. The number of rotatable bonds is 2. The Morgan fingerprint density at radius 2 is 2.00 bits per heavy atom. The molecule has 8 heteroatoms. The minimum absolute atomic E-state index is 0.115. The molecule has 0 radical (unpaired) electrons. The number of pyridine rings is 1. The molecule has 1 aromatic heterocycles. The van der Waals surface area contributed by atoms with Crippen LogP contribution in [0.2, 0.25) is 0 Å². The summed E-state index contributed by atoms with van der Waals surface area (Å²) < 4.78 is 39.0. The highest BCUT2D eigenvalue weighted by Crippen LogP contribution is 2.40. The highest BCUT2D eigenvalue weighted by molar-refractivity contribution is 7.93. The topological polar surface area (TPSA) is 109 Å². The van der Waals surface area contributed by atoms with Crippen LogP contribution in [0.5, 0.6) is 0 Å². The fraction of sp³-hybridized carbons (Fsp3) is 0.294. The Morgan fingerprint density at radius 3 is 2.60 bits per heavy atom. The molecule has 0 amide bonds. The van der Waals surface area contributed by atoms with Crippen molar-refractivity contribution in [3.63, 3.8) is 0 Å². The molecular formula is C17H19FN4O2S. The third-order valence-electron chi connectivity index (χ3n) is 4.72. The molecule has 4 N–H and O–H groups in total. The molecule has 0 spiro atoms. The summed E-state index contributed by atoms with van der Waals surface area (Å²) in [5, 5.41) is 11.3. The molecule has 1 aliphatic heterocycles. The van der Waals surface area contributed by atoms with E-state index in [0.717, 1.165) is 0 Å². The summed E-state index contributed by atoms with van der Waals surface area (Å²) in [6.07, 6.45) is 1.48. The van der Waals surface area contributed by atoms with Gasteiger partial charge in [0.05, 0.1) is 17.0 Å². The van der Waals surface area contributed by atoms with Gasteiger partial charge in [0, 0.05) is 17.4 Å². The van der Waals surface area contributed by atoms with Crippen LogP contribution in [0.15, 0.2) is 42.6 Å². The van der Waals surface area contributed by atoms with Gasteiger partial charge in [-0.25, -0.2) is 12.8 Å². The molecule has 132 valence electrons. The second-order valence-electron chi connectivity index (χ2n) is 6.58. The predicted molar refractivity (Wildman–Crippen MR) is 94.4 cm³/mol. The monoisotopic (exact) mass is 362 g/mol. The minimum atomic E-state index is -3.87. The van der Waals surface area contributed by atoms with E-state index in [9.17, 15) is 12.8 Å². The molecule has 0 bridgehead atoms. The summed E-state index contributed by atoms with van der Waals surface area (Å²) in [4.78, 5) is 4.12. The maximum Gasteiger partial charge on any atom is 0.171 e. The smallest absolute Gasteiger partial charge is 0.171 e. The molecule has 1 aliphatic rings. The van der Waals surface area contributed by atoms with Crippen molar-refractivity contribution in [3.8, 4) is 0 Å². The maximum atomic E-state index is 14.3. The zero-order valence-corrected chi connectivity index (χ0v) is 14.7. The predicted octanol–water partition coefficient (Wildman–Crippen LogP) is 1.93. The second kappa shape index (κ2) is 5.52. The molecule has 1 saturated heterocycles. The van der Waals surface area contributed by atoms with Crippen LogP contribution in [0, 0.1) is 11.2 Å². The lowest BCUT2D eigenvalue weighted by Crippen LogP contribution is -2.63. The fourth-order valence-electron chi connectivity index (χ4n) is 3.15. The van der Waals surface area contributed by atoms with Crippen LogP contribution < -0.4 is 11.1 Å². The van der Waals surface area contributed by atoms with Gasteiger partial charge < -0.3 is 11.1 Å². The quantitative estimate of drug-likeness (QED) is 0.707. The summed E-state index contributed by atoms with van der Waals surface area (Å²) in [5.74, 6) is -1.22. The average molecular weight is 362 g/mol. The maximum absolute atomic E-state index is 14.3. The van der Waals surface area contributed by atoms with E-state index in [1.54, 1.807) is 25.1 Å². The summed E-state index contributed by atoms with van der Waals surface area (Å²) in [7, 11) is -3.87. The summed E-state index contributed by atoms with van der Waals surface area (Å²) >= 11 is 0. The second-order valence-corrected chi connectivity index (χ2v) is 8.91. The van der Waals surface area contributed by atoms with E-state index in [0.29, 0.717) is 5.69 Å². The van der Waals surface area contributed by atoms with Gasteiger partial charge in [-0.05, 0) is 44.2 Å². The van der Waals surface area contributed by atoms with Crippen molar-refractivity contribution in [2.75, 3.05) is 11.5 Å². The van der Waals surface area contributed by atoms with Crippen molar-refractivity contribution in [2.45, 2.75) is 24.1 Å². The standard InChI is InChI=1S/C17H19FN4O2S/c1-16(12-9-11(19)6-7-13(12)18)10-25(23,24)17(2,15(20)22-16)14-5-3-4-8-21-14/h3-9H,10,19H2,1-2H3,(H2,20,22)/t16-,17-/m0/s1. The first kappa shape index (κ1) is 17.3. The normalized spacial score (nSPS) is 28.4. The molecule has 2 heterocycles. The number of anilines is 1. The summed E-state index contributed by atoms with van der Waals surface area (Å²) in [6.45, 7) is 2.99. The molecule has 1 aromatic carbocycles. The zero-order chi connectivity index (χ0) is 18.5. The number of benzene rings is 1. The number of amidine groups is 1. The van der Waals surface area contributed by atoms with Gasteiger partial charge >= 0.3 is 0 Å². The number of nitrogens with zero attached hydrogens (tertiary/aromatic N) is 1. The van der Waals surface area contributed by atoms with Crippen molar-refractivity contribution >= 4 is 21.4 Å². The lowest BCUT2D eigenvalue weighted by Gasteiger charge is -2.44. The summed E-state index contributed by atoms with van der Waals surface area (Å²) in [6, 6.07) is 8.91. The minimum Gasteiger partial charge on any atom is -0.399 e. The van der Waals surface area contributed by atoms with Crippen molar-refractivity contribution in [2.24, 2.45) is 0 Å². The van der Waals surface area contributed by atoms with Gasteiger partial charge in [-0.1, -0.05) is 6.07 Å². The Kier molecular flexibility index (Phi) is 3.83. The molecule has 0 unspecified atom stereocenters. The number of hydrogen-bond acceptors (Lipinski definition) is 5. The van der Waals surface area contributed by atoms with Crippen LogP contribution in [0.4, 0.5) is 10.1 Å². The molecule has 3 rings (SSSR count). The van der Waals surface area contributed by atoms with Crippen molar-refractivity contribution in [1.29, 1.82) is 5.41 Å². The van der Waals surface area contributed by atoms with Crippen molar-refractivity contribution < 1.29 is 12.8 Å². The number of aromatic nitrogens is 1. The molecule has 2 aromatic rings. The van der Waals surface area contributed by atoms with Gasteiger partial charge in [-0.3, -0.25) is 10.4 Å². The number of hydrogen-bond donors (Lipinski definition) is 3. The highest BCUT2D eigenvalue weighted by atomic mass is 32.2. The first-order valence-electron chi connectivity index (χ1n) is 7.67. The van der Waals surface area contributed by atoms with Crippen LogP contribution in [0.1, 0.15) is 25.1 Å². The molecule has 0 saturated carbocycles. The summed E-state index contributed by atoms with van der Waals surface area (Å²) in [5.41, 5.74) is 5.12. The van der Waals surface area contributed by atoms with Gasteiger partial charge in [-0.15, -0.1) is 0 Å². The Hall–Kier alpha value is -2.48. The third kappa shape index (κ3) is 2.57. The van der Waals surface area contributed by atoms with E-state index < -0.39 is 31.7 Å². The Bertz CT molecular complexity index is 948. The highest BCUT2D eigenvalue weighted by Gasteiger charge is 2.55. The van der Waals surface area contributed by atoms with Gasteiger partial charge in [0.1, 0.15) is 11.7 Å². The molecule has 25 heavy (non-hydrogen) atoms. The van der Waals surface area contributed by atoms with Gasteiger partial charge in [0.15, 0.2) is 14.6 Å². The van der Waals surface area contributed by atoms with E-state index in [-0.39, 0.29) is 17.1 Å². The third-order valence-corrected chi connectivity index (χ3v) is 7.33. The molecule has 2 atom stereocenters. The molecule has 0 aliphatic carbocycles. The van der Waals surface area contributed by atoms with E-state index in [2.05, 4.69) is 10.3 Å². The van der Waals surface area contributed by atoms with Crippen LogP contribution >= 0.6 is 0 Å². The van der Waals surface area contributed by atoms with Gasteiger partial charge in [0.2, 0.25) is 0 Å². The van der Waals surface area contributed by atoms with E-state index in [1.165, 1.54) is 31.3 Å². The van der Waals surface area contributed by atoms with Crippen molar-refractivity contribution in [1.82, 2.24) is 10.3 Å². The Morgan fingerprint density at radius 1 is 1.28 bits per heavy atom. The van der Waals surface area contributed by atoms with Gasteiger partial charge in [-0.2, -0.15) is 0 Å². The van der Waals surface area contributed by atoms with E-state index in [4.69, 9.17) is 11.1 Å². The SMILES string of the molecule is C[C@@]1(c2cc(N)ccc2F)CS(=O)(=O)[C@@](C)(c2ccccn2)C(=N)N1. The van der Waals surface area contributed by atoms with Crippen molar-refractivity contribution in [3.05, 3.63) is 59.7 Å². The fourth-order valence-corrected chi connectivity index (χ4v) is 5.23. The molecular weight excluding hydrogens is 343 g/mol. The number of nitrogen functional groups attached to an aromatic ring is 1. The van der Waals surface area contributed by atoms with Crippen LogP contribution in [-0.2, 0) is 20.1 Å². The number of halogens is 1. The Balaban J connectivity index is 2.13.